The fourth-order valence-electron chi connectivity index (χ4n) is 2.31. The van der Waals surface area contributed by atoms with Crippen molar-refractivity contribution in [2.24, 2.45) is 5.92 Å². The summed E-state index contributed by atoms with van der Waals surface area (Å²) in [5.41, 5.74) is 0.667. The van der Waals surface area contributed by atoms with Crippen molar-refractivity contribution in [3.05, 3.63) is 30.1 Å². The van der Waals surface area contributed by atoms with Gasteiger partial charge in [-0.1, -0.05) is 11.8 Å². The summed E-state index contributed by atoms with van der Waals surface area (Å²) in [4.78, 5) is 11.9. The molecule has 23 heavy (non-hydrogen) atoms. The lowest BCUT2D eigenvalue weighted by molar-refractivity contribution is -0.119. The molecule has 1 unspecified atom stereocenters. The number of hydrogen-bond acceptors (Lipinski definition) is 5. The first-order valence-electron chi connectivity index (χ1n) is 7.43. The van der Waals surface area contributed by atoms with Gasteiger partial charge < -0.3 is 11.2 Å². The summed E-state index contributed by atoms with van der Waals surface area (Å²) < 4.78 is 14.3. The fourth-order valence-corrected chi connectivity index (χ4v) is 2.98. The molecule has 0 saturated heterocycles. The van der Waals surface area contributed by atoms with Crippen LogP contribution in [0.3, 0.4) is 0 Å². The standard InChI is InChI=1S/C15H18FN5OS/c1-9(10-2-3-10)18-13(22)8-23-15-20-19-14(21(15)17)11-4-6-12(16)7-5-11/h4-7,9-10H,2-3,8,17H2,1H3,(H,18,22). The molecule has 122 valence electrons. The Morgan fingerprint density at radius 1 is 1.43 bits per heavy atom. The molecule has 1 aliphatic carbocycles. The number of rotatable bonds is 6. The maximum atomic E-state index is 13.0. The number of benzene rings is 1. The van der Waals surface area contributed by atoms with E-state index in [0.717, 1.165) is 0 Å². The van der Waals surface area contributed by atoms with Gasteiger partial charge in [0.2, 0.25) is 11.1 Å². The van der Waals surface area contributed by atoms with Gasteiger partial charge in [0.05, 0.1) is 5.75 Å². The molecular weight excluding hydrogens is 317 g/mol. The van der Waals surface area contributed by atoms with Crippen LogP contribution in [0.15, 0.2) is 29.4 Å². The number of carbonyl (C=O) groups is 1. The van der Waals surface area contributed by atoms with Crippen LogP contribution < -0.4 is 11.2 Å². The highest BCUT2D eigenvalue weighted by Gasteiger charge is 2.28. The van der Waals surface area contributed by atoms with Gasteiger partial charge in [-0.05, 0) is 49.9 Å². The fraction of sp³-hybridized carbons (Fsp3) is 0.400. The van der Waals surface area contributed by atoms with Gasteiger partial charge in [0.15, 0.2) is 5.82 Å². The monoisotopic (exact) mass is 335 g/mol. The van der Waals surface area contributed by atoms with Gasteiger partial charge >= 0.3 is 0 Å². The largest absolute Gasteiger partial charge is 0.353 e. The van der Waals surface area contributed by atoms with E-state index in [1.807, 2.05) is 6.92 Å². The van der Waals surface area contributed by atoms with Crippen molar-refractivity contribution in [2.45, 2.75) is 31.0 Å². The molecule has 1 fully saturated rings. The third-order valence-corrected chi connectivity index (χ3v) is 4.76. The molecule has 3 rings (SSSR count). The van der Waals surface area contributed by atoms with Gasteiger partial charge in [-0.3, -0.25) is 4.79 Å². The number of nitrogens with two attached hydrogens (primary N) is 1. The van der Waals surface area contributed by atoms with Crippen LogP contribution in [0.4, 0.5) is 4.39 Å². The Morgan fingerprint density at radius 2 is 2.13 bits per heavy atom. The van der Waals surface area contributed by atoms with E-state index < -0.39 is 0 Å². The first-order chi connectivity index (χ1) is 11.0. The lowest BCUT2D eigenvalue weighted by Gasteiger charge is -2.12. The molecule has 1 aliphatic rings. The zero-order chi connectivity index (χ0) is 16.4. The summed E-state index contributed by atoms with van der Waals surface area (Å²) in [6.07, 6.45) is 2.37. The Morgan fingerprint density at radius 3 is 2.78 bits per heavy atom. The third-order valence-electron chi connectivity index (χ3n) is 3.82. The maximum absolute atomic E-state index is 13.0. The lowest BCUT2D eigenvalue weighted by Crippen LogP contribution is -2.35. The van der Waals surface area contributed by atoms with Crippen molar-refractivity contribution < 1.29 is 9.18 Å². The van der Waals surface area contributed by atoms with Gasteiger partial charge in [0, 0.05) is 11.6 Å². The quantitative estimate of drug-likeness (QED) is 0.621. The number of thioether (sulfide) groups is 1. The van der Waals surface area contributed by atoms with Crippen molar-refractivity contribution >= 4 is 17.7 Å². The summed E-state index contributed by atoms with van der Waals surface area (Å²) in [5, 5.41) is 11.4. The number of nitrogens with zero attached hydrogens (tertiary/aromatic N) is 3. The molecule has 1 atom stereocenters. The van der Waals surface area contributed by atoms with Crippen LogP contribution in [-0.2, 0) is 4.79 Å². The number of aromatic nitrogens is 3. The average molecular weight is 335 g/mol. The average Bonchev–Trinajstić information content (AvgIpc) is 3.31. The molecular formula is C15H18FN5OS. The van der Waals surface area contributed by atoms with Crippen LogP contribution in [-0.4, -0.2) is 32.6 Å². The lowest BCUT2D eigenvalue weighted by atomic mass is 10.2. The normalized spacial score (nSPS) is 15.4. The molecule has 0 radical (unpaired) electrons. The number of amides is 1. The van der Waals surface area contributed by atoms with E-state index in [9.17, 15) is 9.18 Å². The molecule has 3 N–H and O–H groups in total. The van der Waals surface area contributed by atoms with E-state index >= 15 is 0 Å². The molecule has 1 heterocycles. The van der Waals surface area contributed by atoms with Crippen LogP contribution in [0.5, 0.6) is 0 Å². The Balaban J connectivity index is 1.60. The molecule has 1 aromatic carbocycles. The van der Waals surface area contributed by atoms with Crippen molar-refractivity contribution in [2.75, 3.05) is 11.6 Å². The zero-order valence-electron chi connectivity index (χ0n) is 12.7. The topological polar surface area (TPSA) is 85.8 Å². The van der Waals surface area contributed by atoms with Crippen molar-refractivity contribution in [1.29, 1.82) is 0 Å². The second kappa shape index (κ2) is 6.57. The minimum absolute atomic E-state index is 0.0410. The second-order valence-corrected chi connectivity index (χ2v) is 6.61. The van der Waals surface area contributed by atoms with E-state index in [1.54, 1.807) is 12.1 Å². The number of carbonyl (C=O) groups excluding carboxylic acids is 1. The van der Waals surface area contributed by atoms with Crippen molar-refractivity contribution in [1.82, 2.24) is 20.2 Å². The highest BCUT2D eigenvalue weighted by molar-refractivity contribution is 7.99. The summed E-state index contributed by atoms with van der Waals surface area (Å²) in [6, 6.07) is 6.06. The van der Waals surface area contributed by atoms with Crippen molar-refractivity contribution in [3.8, 4) is 11.4 Å². The zero-order valence-corrected chi connectivity index (χ0v) is 13.5. The minimum atomic E-state index is -0.326. The Labute approximate surface area is 137 Å². The summed E-state index contributed by atoms with van der Waals surface area (Å²) in [5.74, 6) is 6.88. The van der Waals surface area contributed by atoms with Gasteiger partial charge in [-0.15, -0.1) is 10.2 Å². The van der Waals surface area contributed by atoms with Gasteiger partial charge in [0.25, 0.3) is 0 Å². The van der Waals surface area contributed by atoms with Crippen molar-refractivity contribution in [3.63, 3.8) is 0 Å². The number of nitrogens with one attached hydrogen (secondary N) is 1. The van der Waals surface area contributed by atoms with Crippen LogP contribution in [0.2, 0.25) is 0 Å². The van der Waals surface area contributed by atoms with Crippen LogP contribution in [0.1, 0.15) is 19.8 Å². The SMILES string of the molecule is CC(NC(=O)CSc1nnc(-c2ccc(F)cc2)n1N)C1CC1. The summed E-state index contributed by atoms with van der Waals surface area (Å²) in [7, 11) is 0. The van der Waals surface area contributed by atoms with E-state index in [1.165, 1.54) is 41.4 Å². The van der Waals surface area contributed by atoms with Crippen LogP contribution in [0.25, 0.3) is 11.4 Å². The number of hydrogen-bond donors (Lipinski definition) is 2. The van der Waals surface area contributed by atoms with Crippen LogP contribution in [0, 0.1) is 11.7 Å². The molecule has 0 spiro atoms. The van der Waals surface area contributed by atoms with E-state index in [0.29, 0.717) is 22.5 Å². The molecule has 8 heteroatoms. The molecule has 1 amide bonds. The van der Waals surface area contributed by atoms with E-state index in [2.05, 4.69) is 15.5 Å². The second-order valence-electron chi connectivity index (χ2n) is 5.67. The Bertz CT molecular complexity index is 698. The van der Waals surface area contributed by atoms with Gasteiger partial charge in [0.1, 0.15) is 5.82 Å². The Kier molecular flexibility index (Phi) is 4.51. The third kappa shape index (κ3) is 3.82. The first kappa shape index (κ1) is 15.8. The minimum Gasteiger partial charge on any atom is -0.353 e. The smallest absolute Gasteiger partial charge is 0.230 e. The predicted octanol–water partition coefficient (Wildman–Crippen LogP) is 1.80. The van der Waals surface area contributed by atoms with E-state index in [4.69, 9.17) is 5.84 Å². The number of halogens is 1. The molecule has 1 saturated carbocycles. The highest BCUT2D eigenvalue weighted by atomic mass is 32.2. The summed E-state index contributed by atoms with van der Waals surface area (Å²) in [6.45, 7) is 2.03. The summed E-state index contributed by atoms with van der Waals surface area (Å²) >= 11 is 1.23. The molecule has 0 aliphatic heterocycles. The maximum Gasteiger partial charge on any atom is 0.230 e. The molecule has 0 bridgehead atoms. The van der Waals surface area contributed by atoms with Gasteiger partial charge in [-0.25, -0.2) is 9.07 Å². The molecule has 1 aromatic heterocycles. The number of nitrogen functional groups attached to an aromatic ring is 1. The van der Waals surface area contributed by atoms with E-state index in [-0.39, 0.29) is 23.5 Å². The Hall–Kier alpha value is -2.09. The molecule has 6 nitrogen and oxygen atoms in total. The van der Waals surface area contributed by atoms with Crippen LogP contribution >= 0.6 is 11.8 Å². The first-order valence-corrected chi connectivity index (χ1v) is 8.41. The highest BCUT2D eigenvalue weighted by Crippen LogP contribution is 2.32. The predicted molar refractivity (Wildman–Crippen MR) is 86.6 cm³/mol. The molecule has 2 aromatic rings. The van der Waals surface area contributed by atoms with Gasteiger partial charge in [-0.2, -0.15) is 0 Å².